The zero-order valence-electron chi connectivity index (χ0n) is 13.6. The Morgan fingerprint density at radius 2 is 2.00 bits per heavy atom. The lowest BCUT2D eigenvalue weighted by molar-refractivity contribution is -0.115. The van der Waals surface area contributed by atoms with Crippen LogP contribution in [0.15, 0.2) is 36.0 Å². The normalized spacial score (nSPS) is 10.7. The molecule has 0 saturated heterocycles. The summed E-state index contributed by atoms with van der Waals surface area (Å²) >= 11 is 1.47. The predicted molar refractivity (Wildman–Crippen MR) is 99.9 cm³/mol. The molecule has 0 aliphatic heterocycles. The molecule has 3 rings (SSSR count). The first-order valence-corrected chi connectivity index (χ1v) is 8.67. The third kappa shape index (κ3) is 3.96. The molecule has 0 fully saturated rings. The summed E-state index contributed by atoms with van der Waals surface area (Å²) in [5.41, 5.74) is 2.83. The Hall–Kier alpha value is -2.49. The zero-order valence-corrected chi connectivity index (χ0v) is 14.4. The fraction of sp³-hybridized carbons (Fsp3) is 0.188. The summed E-state index contributed by atoms with van der Waals surface area (Å²) in [6.07, 6.45) is 1.87. The van der Waals surface area contributed by atoms with E-state index in [-0.39, 0.29) is 5.91 Å². The number of anilines is 2. The van der Waals surface area contributed by atoms with Crippen LogP contribution in [0.1, 0.15) is 18.9 Å². The topological polar surface area (TPSA) is 107 Å². The lowest BCUT2D eigenvalue weighted by atomic mass is 9.80. The third-order valence-corrected chi connectivity index (χ3v) is 4.66. The monoisotopic (exact) mass is 356 g/mol. The van der Waals surface area contributed by atoms with Crippen molar-refractivity contribution in [3.05, 3.63) is 41.5 Å². The highest BCUT2D eigenvalue weighted by molar-refractivity contribution is 7.18. The van der Waals surface area contributed by atoms with E-state index in [0.29, 0.717) is 35.5 Å². The van der Waals surface area contributed by atoms with Crippen LogP contribution in [0.5, 0.6) is 0 Å². The van der Waals surface area contributed by atoms with Crippen LogP contribution in [0, 0.1) is 0 Å². The number of carbonyl (C=O) groups is 1. The van der Waals surface area contributed by atoms with Gasteiger partial charge in [0.2, 0.25) is 5.91 Å². The third-order valence-electron chi connectivity index (χ3n) is 3.69. The molecule has 3 aromatic rings. The first-order chi connectivity index (χ1) is 12.1. The van der Waals surface area contributed by atoms with Crippen LogP contribution in [-0.2, 0) is 11.3 Å². The molecule has 0 bridgehead atoms. The first-order valence-electron chi connectivity index (χ1n) is 7.79. The number of amides is 1. The highest BCUT2D eigenvalue weighted by Gasteiger charge is 2.13. The van der Waals surface area contributed by atoms with Gasteiger partial charge in [-0.15, -0.1) is 11.3 Å². The summed E-state index contributed by atoms with van der Waals surface area (Å²) in [5, 5.41) is 26.2. The van der Waals surface area contributed by atoms with Gasteiger partial charge in [-0.2, -0.15) is 0 Å². The van der Waals surface area contributed by atoms with E-state index in [1.54, 1.807) is 19.1 Å². The molecule has 25 heavy (non-hydrogen) atoms. The summed E-state index contributed by atoms with van der Waals surface area (Å²) in [5.74, 6) is 0.636. The number of hydrogen-bond acceptors (Lipinski definition) is 7. The van der Waals surface area contributed by atoms with Crippen LogP contribution < -0.4 is 16.1 Å². The Morgan fingerprint density at radius 3 is 2.68 bits per heavy atom. The van der Waals surface area contributed by atoms with Crippen LogP contribution in [0.2, 0.25) is 0 Å². The minimum atomic E-state index is -1.47. The number of thiophene rings is 1. The molecule has 0 unspecified atom stereocenters. The summed E-state index contributed by atoms with van der Waals surface area (Å²) < 4.78 is 0.872. The molecule has 1 aromatic carbocycles. The largest absolute Gasteiger partial charge is 0.488 e. The van der Waals surface area contributed by atoms with E-state index in [1.807, 2.05) is 17.5 Å². The lowest BCUT2D eigenvalue weighted by Gasteiger charge is -2.08. The maximum Gasteiger partial charge on any atom is 0.488 e. The van der Waals surface area contributed by atoms with Gasteiger partial charge in [0.05, 0.1) is 10.4 Å². The van der Waals surface area contributed by atoms with Crippen molar-refractivity contribution >= 4 is 51.5 Å². The number of rotatable bonds is 6. The molecule has 0 aliphatic carbocycles. The minimum Gasteiger partial charge on any atom is -0.423 e. The van der Waals surface area contributed by atoms with Crippen LogP contribution >= 0.6 is 11.3 Å². The molecule has 0 radical (unpaired) electrons. The quantitative estimate of drug-likeness (QED) is 0.497. The Bertz CT molecular complexity index is 883. The summed E-state index contributed by atoms with van der Waals surface area (Å²) in [7, 11) is -1.47. The summed E-state index contributed by atoms with van der Waals surface area (Å²) in [6, 6.07) is 6.98. The Balaban J connectivity index is 1.76. The number of benzene rings is 1. The zero-order chi connectivity index (χ0) is 17.8. The molecular weight excluding hydrogens is 339 g/mol. The van der Waals surface area contributed by atoms with E-state index in [2.05, 4.69) is 20.6 Å². The van der Waals surface area contributed by atoms with E-state index in [0.717, 1.165) is 10.3 Å². The van der Waals surface area contributed by atoms with Gasteiger partial charge >= 0.3 is 7.12 Å². The highest BCUT2D eigenvalue weighted by atomic mass is 32.1. The molecule has 0 saturated carbocycles. The summed E-state index contributed by atoms with van der Waals surface area (Å²) in [6.45, 7) is 2.33. The van der Waals surface area contributed by atoms with Gasteiger partial charge in [-0.1, -0.05) is 31.2 Å². The van der Waals surface area contributed by atoms with Gasteiger partial charge < -0.3 is 20.7 Å². The van der Waals surface area contributed by atoms with Crippen LogP contribution in [0.4, 0.5) is 11.5 Å². The standard InChI is InChI=1S/C16H17BN4O3S/c1-2-13(22)21-12-8-25-15-14(12)19-9-20-16(15)18-7-10-3-5-11(6-4-10)17(23)24/h3-6,8-9,23-24H,2,7H2,1H3,(H,21,22)(H,18,19,20). The lowest BCUT2D eigenvalue weighted by Crippen LogP contribution is -2.29. The molecule has 0 spiro atoms. The van der Waals surface area contributed by atoms with Crippen molar-refractivity contribution in [1.82, 2.24) is 9.97 Å². The van der Waals surface area contributed by atoms with Crippen molar-refractivity contribution in [2.75, 3.05) is 10.6 Å². The average Bonchev–Trinajstić information content (AvgIpc) is 3.03. The van der Waals surface area contributed by atoms with Gasteiger partial charge in [-0.25, -0.2) is 9.97 Å². The van der Waals surface area contributed by atoms with E-state index in [1.165, 1.54) is 17.7 Å². The van der Waals surface area contributed by atoms with E-state index in [4.69, 9.17) is 10.0 Å². The molecule has 128 valence electrons. The number of hydrogen-bond donors (Lipinski definition) is 4. The Labute approximate surface area is 148 Å². The maximum absolute atomic E-state index is 11.6. The molecule has 2 heterocycles. The molecule has 0 aliphatic rings. The van der Waals surface area contributed by atoms with E-state index >= 15 is 0 Å². The fourth-order valence-electron chi connectivity index (χ4n) is 2.30. The SMILES string of the molecule is CCC(=O)Nc1csc2c(NCc3ccc(B(O)O)cc3)ncnc12. The van der Waals surface area contributed by atoms with Crippen molar-refractivity contribution in [2.24, 2.45) is 0 Å². The van der Waals surface area contributed by atoms with Crippen LogP contribution in [-0.4, -0.2) is 33.0 Å². The van der Waals surface area contributed by atoms with Gasteiger partial charge in [-0.3, -0.25) is 4.79 Å². The van der Waals surface area contributed by atoms with Gasteiger partial charge in [-0.05, 0) is 11.0 Å². The van der Waals surface area contributed by atoms with Gasteiger partial charge in [0.1, 0.15) is 17.7 Å². The Morgan fingerprint density at radius 1 is 1.24 bits per heavy atom. The Kier molecular flexibility index (Phi) is 5.27. The molecule has 1 amide bonds. The predicted octanol–water partition coefficient (Wildman–Crippen LogP) is 1.33. The van der Waals surface area contributed by atoms with Crippen molar-refractivity contribution in [2.45, 2.75) is 19.9 Å². The highest BCUT2D eigenvalue weighted by Crippen LogP contribution is 2.32. The van der Waals surface area contributed by atoms with Crippen molar-refractivity contribution in [3.8, 4) is 0 Å². The fourth-order valence-corrected chi connectivity index (χ4v) is 3.21. The molecule has 9 heteroatoms. The van der Waals surface area contributed by atoms with Crippen molar-refractivity contribution < 1.29 is 14.8 Å². The minimum absolute atomic E-state index is 0.0565. The van der Waals surface area contributed by atoms with E-state index < -0.39 is 7.12 Å². The van der Waals surface area contributed by atoms with Gasteiger partial charge in [0.15, 0.2) is 0 Å². The number of fused-ring (bicyclic) bond motifs is 1. The molecule has 7 nitrogen and oxygen atoms in total. The van der Waals surface area contributed by atoms with E-state index in [9.17, 15) is 4.79 Å². The van der Waals surface area contributed by atoms with Gasteiger partial charge in [0, 0.05) is 18.3 Å². The molecular formula is C16H17BN4O3S. The molecule has 0 atom stereocenters. The molecule has 2 aromatic heterocycles. The second-order valence-corrected chi connectivity index (χ2v) is 6.30. The maximum atomic E-state index is 11.6. The molecule has 4 N–H and O–H groups in total. The van der Waals surface area contributed by atoms with Crippen molar-refractivity contribution in [3.63, 3.8) is 0 Å². The van der Waals surface area contributed by atoms with Crippen LogP contribution in [0.3, 0.4) is 0 Å². The van der Waals surface area contributed by atoms with Crippen LogP contribution in [0.25, 0.3) is 10.2 Å². The second kappa shape index (κ2) is 7.60. The summed E-state index contributed by atoms with van der Waals surface area (Å²) in [4.78, 5) is 20.1. The first kappa shape index (κ1) is 17.3. The smallest absolute Gasteiger partial charge is 0.423 e. The average molecular weight is 356 g/mol. The number of carbonyl (C=O) groups excluding carboxylic acids is 1. The van der Waals surface area contributed by atoms with Gasteiger partial charge in [0.25, 0.3) is 0 Å². The number of nitrogens with one attached hydrogen (secondary N) is 2. The second-order valence-electron chi connectivity index (χ2n) is 5.42. The number of nitrogens with zero attached hydrogens (tertiary/aromatic N) is 2. The number of aromatic nitrogens is 2. The van der Waals surface area contributed by atoms with Crippen molar-refractivity contribution in [1.29, 1.82) is 0 Å².